The molecule has 1 N–H and O–H groups in total. The maximum Gasteiger partial charge on any atom is 0.152 e. The minimum absolute atomic E-state index is 0.108. The van der Waals surface area contributed by atoms with Crippen molar-refractivity contribution in [2.45, 2.75) is 0 Å². The second-order valence-corrected chi connectivity index (χ2v) is 3.75. The highest BCUT2D eigenvalue weighted by atomic mass is 32.1. The standard InChI is InChI=1S/C10H5NO2S/c11-4-9-7(5-12)6-2-1-3-8(13)10(6)14-9/h1-3,5,13H. The molecule has 3 nitrogen and oxygen atoms in total. The first-order chi connectivity index (χ1) is 6.77. The average Bonchev–Trinajstić information content (AvgIpc) is 2.57. The fraction of sp³-hybridized carbons (Fsp3) is 0. The smallest absolute Gasteiger partial charge is 0.152 e. The van der Waals surface area contributed by atoms with Crippen LogP contribution in [0.5, 0.6) is 5.75 Å². The molecule has 1 aromatic carbocycles. The van der Waals surface area contributed by atoms with Gasteiger partial charge in [0.2, 0.25) is 0 Å². The summed E-state index contributed by atoms with van der Waals surface area (Å²) in [4.78, 5) is 11.1. The number of nitriles is 1. The molecule has 1 heterocycles. The minimum atomic E-state index is 0.108. The van der Waals surface area contributed by atoms with E-state index in [1.165, 1.54) is 6.07 Å². The summed E-state index contributed by atoms with van der Waals surface area (Å²) < 4.78 is 0.589. The van der Waals surface area contributed by atoms with Crippen molar-refractivity contribution in [2.24, 2.45) is 0 Å². The zero-order valence-corrected chi connectivity index (χ0v) is 7.84. The minimum Gasteiger partial charge on any atom is -0.506 e. The molecule has 0 radical (unpaired) electrons. The van der Waals surface area contributed by atoms with Gasteiger partial charge in [-0.3, -0.25) is 4.79 Å². The van der Waals surface area contributed by atoms with Gasteiger partial charge in [0, 0.05) is 5.39 Å². The van der Waals surface area contributed by atoms with Crippen LogP contribution in [0.3, 0.4) is 0 Å². The van der Waals surface area contributed by atoms with Gasteiger partial charge in [-0.15, -0.1) is 11.3 Å². The van der Waals surface area contributed by atoms with Gasteiger partial charge in [-0.2, -0.15) is 5.26 Å². The Labute approximate surface area is 83.8 Å². The van der Waals surface area contributed by atoms with Gasteiger partial charge < -0.3 is 5.11 Å². The Bertz CT molecular complexity index is 551. The molecule has 0 bridgehead atoms. The molecule has 14 heavy (non-hydrogen) atoms. The summed E-state index contributed by atoms with van der Waals surface area (Å²) in [6, 6.07) is 6.85. The van der Waals surface area contributed by atoms with E-state index in [0.717, 1.165) is 11.3 Å². The number of thiophene rings is 1. The van der Waals surface area contributed by atoms with Crippen LogP contribution in [0.15, 0.2) is 18.2 Å². The maximum absolute atomic E-state index is 10.7. The monoisotopic (exact) mass is 203 g/mol. The van der Waals surface area contributed by atoms with Crippen LogP contribution in [0, 0.1) is 11.3 Å². The Balaban J connectivity index is 2.95. The van der Waals surface area contributed by atoms with Crippen molar-refractivity contribution in [3.05, 3.63) is 28.6 Å². The predicted molar refractivity (Wildman–Crippen MR) is 53.6 cm³/mol. The van der Waals surface area contributed by atoms with E-state index in [0.29, 0.717) is 26.8 Å². The molecule has 0 aliphatic carbocycles. The van der Waals surface area contributed by atoms with E-state index >= 15 is 0 Å². The third-order valence-electron chi connectivity index (χ3n) is 1.95. The van der Waals surface area contributed by atoms with E-state index < -0.39 is 0 Å². The van der Waals surface area contributed by atoms with Gasteiger partial charge in [0.05, 0.1) is 10.3 Å². The normalized spacial score (nSPS) is 9.93. The summed E-state index contributed by atoms with van der Waals surface area (Å²) in [5.41, 5.74) is 0.364. The lowest BCUT2D eigenvalue weighted by molar-refractivity contribution is 0.112. The van der Waals surface area contributed by atoms with E-state index in [2.05, 4.69) is 0 Å². The number of carbonyl (C=O) groups is 1. The third-order valence-corrected chi connectivity index (χ3v) is 3.10. The Morgan fingerprint density at radius 2 is 2.29 bits per heavy atom. The maximum atomic E-state index is 10.7. The zero-order valence-electron chi connectivity index (χ0n) is 7.02. The molecule has 68 valence electrons. The van der Waals surface area contributed by atoms with Crippen LogP contribution in [-0.2, 0) is 0 Å². The van der Waals surface area contributed by atoms with Gasteiger partial charge in [0.15, 0.2) is 6.29 Å². The number of aldehydes is 1. The van der Waals surface area contributed by atoms with Gasteiger partial charge >= 0.3 is 0 Å². The van der Waals surface area contributed by atoms with Crippen molar-refractivity contribution in [3.63, 3.8) is 0 Å². The number of hydrogen-bond donors (Lipinski definition) is 1. The van der Waals surface area contributed by atoms with Gasteiger partial charge in [-0.05, 0) is 6.07 Å². The molecule has 0 saturated carbocycles. The van der Waals surface area contributed by atoms with Crippen molar-refractivity contribution in [2.75, 3.05) is 0 Å². The molecule has 2 rings (SSSR count). The quantitative estimate of drug-likeness (QED) is 0.723. The Morgan fingerprint density at radius 3 is 2.93 bits per heavy atom. The topological polar surface area (TPSA) is 61.1 Å². The van der Waals surface area contributed by atoms with E-state index in [1.807, 2.05) is 6.07 Å². The second-order valence-electron chi connectivity index (χ2n) is 2.73. The highest BCUT2D eigenvalue weighted by molar-refractivity contribution is 7.20. The fourth-order valence-corrected chi connectivity index (χ4v) is 2.30. The molecule has 4 heteroatoms. The number of benzene rings is 1. The summed E-state index contributed by atoms with van der Waals surface area (Å²) in [5.74, 6) is 0.108. The Morgan fingerprint density at radius 1 is 1.50 bits per heavy atom. The van der Waals surface area contributed by atoms with Crippen LogP contribution < -0.4 is 0 Å². The molecular weight excluding hydrogens is 198 g/mol. The van der Waals surface area contributed by atoms with Gasteiger partial charge in [-0.25, -0.2) is 0 Å². The first kappa shape index (κ1) is 8.73. The van der Waals surface area contributed by atoms with Crippen LogP contribution in [0.25, 0.3) is 10.1 Å². The highest BCUT2D eigenvalue weighted by Gasteiger charge is 2.12. The first-order valence-electron chi connectivity index (χ1n) is 3.87. The summed E-state index contributed by atoms with van der Waals surface area (Å²) in [7, 11) is 0. The third kappa shape index (κ3) is 1.07. The molecule has 0 unspecified atom stereocenters. The largest absolute Gasteiger partial charge is 0.506 e. The summed E-state index contributed by atoms with van der Waals surface area (Å²) in [6.07, 6.45) is 0.650. The van der Waals surface area contributed by atoms with Crippen LogP contribution in [-0.4, -0.2) is 11.4 Å². The number of fused-ring (bicyclic) bond motifs is 1. The predicted octanol–water partition coefficient (Wildman–Crippen LogP) is 2.29. The zero-order chi connectivity index (χ0) is 10.1. The number of phenols is 1. The molecule has 0 atom stereocenters. The van der Waals surface area contributed by atoms with E-state index in [9.17, 15) is 9.90 Å². The summed E-state index contributed by atoms with van der Waals surface area (Å²) in [6.45, 7) is 0. The van der Waals surface area contributed by atoms with Crippen molar-refractivity contribution >= 4 is 27.7 Å². The molecule has 0 spiro atoms. The lowest BCUT2D eigenvalue weighted by Gasteiger charge is -1.92. The van der Waals surface area contributed by atoms with Crippen molar-refractivity contribution in [1.29, 1.82) is 5.26 Å². The first-order valence-corrected chi connectivity index (χ1v) is 4.69. The van der Waals surface area contributed by atoms with E-state index in [1.54, 1.807) is 12.1 Å². The molecule has 0 aliphatic rings. The number of aromatic hydroxyl groups is 1. The van der Waals surface area contributed by atoms with Crippen LogP contribution in [0.2, 0.25) is 0 Å². The molecule has 0 amide bonds. The lowest BCUT2D eigenvalue weighted by Crippen LogP contribution is -1.79. The summed E-state index contributed by atoms with van der Waals surface area (Å²) >= 11 is 1.13. The molecule has 0 fully saturated rings. The SMILES string of the molecule is N#Cc1sc2c(O)cccc2c1C=O. The van der Waals surface area contributed by atoms with Gasteiger partial charge in [-0.1, -0.05) is 12.1 Å². The van der Waals surface area contributed by atoms with Gasteiger partial charge in [0.25, 0.3) is 0 Å². The van der Waals surface area contributed by atoms with Gasteiger partial charge in [0.1, 0.15) is 16.7 Å². The van der Waals surface area contributed by atoms with Crippen LogP contribution in [0.4, 0.5) is 0 Å². The lowest BCUT2D eigenvalue weighted by atomic mass is 10.1. The van der Waals surface area contributed by atoms with Crippen molar-refractivity contribution in [3.8, 4) is 11.8 Å². The molecule has 2 aromatic rings. The second kappa shape index (κ2) is 3.13. The van der Waals surface area contributed by atoms with Crippen molar-refractivity contribution in [1.82, 2.24) is 0 Å². The number of hydrogen-bond acceptors (Lipinski definition) is 4. The summed E-state index contributed by atoms with van der Waals surface area (Å²) in [5, 5.41) is 18.9. The number of carbonyl (C=O) groups excluding carboxylic acids is 1. The molecular formula is C10H5NO2S. The number of rotatable bonds is 1. The highest BCUT2D eigenvalue weighted by Crippen LogP contribution is 2.35. The molecule has 0 aliphatic heterocycles. The Kier molecular flexibility index (Phi) is 1.95. The van der Waals surface area contributed by atoms with Crippen LogP contribution in [0.1, 0.15) is 15.2 Å². The molecule has 1 aromatic heterocycles. The van der Waals surface area contributed by atoms with Crippen molar-refractivity contribution < 1.29 is 9.90 Å². The Hall–Kier alpha value is -1.86. The van der Waals surface area contributed by atoms with E-state index in [-0.39, 0.29) is 5.75 Å². The van der Waals surface area contributed by atoms with Crippen LogP contribution >= 0.6 is 11.3 Å². The number of nitrogens with zero attached hydrogens (tertiary/aromatic N) is 1. The fourth-order valence-electron chi connectivity index (χ4n) is 1.32. The average molecular weight is 203 g/mol. The van der Waals surface area contributed by atoms with E-state index in [4.69, 9.17) is 5.26 Å². The number of phenolic OH excluding ortho intramolecular Hbond substituents is 1. The molecule has 0 saturated heterocycles.